The van der Waals surface area contributed by atoms with Crippen LogP contribution in [-0.2, 0) is 16.2 Å². The van der Waals surface area contributed by atoms with Gasteiger partial charge in [0.25, 0.3) is 16.8 Å². The lowest BCUT2D eigenvalue weighted by Crippen LogP contribution is -2.45. The largest absolute Gasteiger partial charge is 0.489 e. The number of carbonyl (C=O) groups excluding carboxylic acids is 3. The van der Waals surface area contributed by atoms with Gasteiger partial charge in [-0.3, -0.25) is 29.4 Å². The van der Waals surface area contributed by atoms with E-state index in [1.807, 2.05) is 0 Å². The molecule has 2 aliphatic rings. The number of hydrogen-bond acceptors (Lipinski definition) is 7. The van der Waals surface area contributed by atoms with Crippen molar-refractivity contribution in [1.82, 2.24) is 9.80 Å². The van der Waals surface area contributed by atoms with Crippen LogP contribution in [-0.4, -0.2) is 51.4 Å². The molecule has 182 valence electrons. The third-order valence-corrected chi connectivity index (χ3v) is 6.92. The number of benzene rings is 2. The van der Waals surface area contributed by atoms with Crippen molar-refractivity contribution in [2.75, 3.05) is 19.6 Å². The summed E-state index contributed by atoms with van der Waals surface area (Å²) in [6.07, 6.45) is 3.46. The molecular formula is C25H25N3O6S. The molecule has 2 aromatic carbocycles. The maximum absolute atomic E-state index is 12.8. The van der Waals surface area contributed by atoms with E-state index in [0.717, 1.165) is 35.1 Å². The molecule has 9 nitrogen and oxygen atoms in total. The first-order valence-electron chi connectivity index (χ1n) is 11.3. The van der Waals surface area contributed by atoms with E-state index in [9.17, 15) is 24.5 Å². The molecular weight excluding hydrogens is 470 g/mol. The predicted molar refractivity (Wildman–Crippen MR) is 132 cm³/mol. The Kier molecular flexibility index (Phi) is 7.50. The highest BCUT2D eigenvalue weighted by molar-refractivity contribution is 8.18. The number of imide groups is 1. The molecule has 0 spiro atoms. The zero-order valence-electron chi connectivity index (χ0n) is 19.2. The fourth-order valence-electron chi connectivity index (χ4n) is 3.86. The Morgan fingerprint density at radius 2 is 1.89 bits per heavy atom. The Morgan fingerprint density at radius 1 is 1.17 bits per heavy atom. The minimum atomic E-state index is -0.476. The molecule has 0 N–H and O–H groups in total. The summed E-state index contributed by atoms with van der Waals surface area (Å²) in [5, 5.41) is 10.3. The van der Waals surface area contributed by atoms with Crippen molar-refractivity contribution in [1.29, 1.82) is 0 Å². The molecule has 2 aliphatic heterocycles. The second-order valence-electron chi connectivity index (χ2n) is 8.62. The van der Waals surface area contributed by atoms with Crippen LogP contribution in [0.2, 0.25) is 0 Å². The van der Waals surface area contributed by atoms with Gasteiger partial charge in [0.1, 0.15) is 18.9 Å². The molecule has 2 heterocycles. The summed E-state index contributed by atoms with van der Waals surface area (Å²) < 4.78 is 5.78. The van der Waals surface area contributed by atoms with E-state index < -0.39 is 16.1 Å². The highest BCUT2D eigenvalue weighted by atomic mass is 32.2. The van der Waals surface area contributed by atoms with Crippen molar-refractivity contribution in [3.8, 4) is 5.75 Å². The number of nitro benzene ring substituents is 1. The fourth-order valence-corrected chi connectivity index (χ4v) is 4.69. The van der Waals surface area contributed by atoms with Crippen LogP contribution in [0.25, 0.3) is 6.08 Å². The zero-order valence-corrected chi connectivity index (χ0v) is 20.0. The first-order valence-corrected chi connectivity index (χ1v) is 12.1. The molecule has 0 saturated carbocycles. The van der Waals surface area contributed by atoms with Crippen LogP contribution >= 0.6 is 11.8 Å². The van der Waals surface area contributed by atoms with E-state index in [-0.39, 0.29) is 29.7 Å². The fraction of sp³-hybridized carbons (Fsp3) is 0.320. The molecule has 0 atom stereocenters. The highest BCUT2D eigenvalue weighted by Gasteiger charge is 2.37. The summed E-state index contributed by atoms with van der Waals surface area (Å²) in [5.74, 6) is 0.442. The number of hydrogen-bond donors (Lipinski definition) is 0. The van der Waals surface area contributed by atoms with Gasteiger partial charge in [-0.25, -0.2) is 0 Å². The van der Waals surface area contributed by atoms with Gasteiger partial charge in [-0.2, -0.15) is 0 Å². The maximum Gasteiger partial charge on any atom is 0.294 e. The van der Waals surface area contributed by atoms with E-state index in [2.05, 4.69) is 6.92 Å². The van der Waals surface area contributed by atoms with Crippen LogP contribution in [0.4, 0.5) is 10.5 Å². The predicted octanol–water partition coefficient (Wildman–Crippen LogP) is 4.47. The van der Waals surface area contributed by atoms with E-state index in [4.69, 9.17) is 4.74 Å². The van der Waals surface area contributed by atoms with Gasteiger partial charge in [-0.15, -0.1) is 0 Å². The number of rotatable bonds is 7. The molecule has 3 amide bonds. The van der Waals surface area contributed by atoms with Crippen LogP contribution in [0.5, 0.6) is 5.75 Å². The molecule has 2 aromatic rings. The number of amides is 3. The third kappa shape index (κ3) is 6.07. The number of likely N-dealkylation sites (tertiary alicyclic amines) is 1. The molecule has 0 unspecified atom stereocenters. The molecule has 0 aromatic heterocycles. The SMILES string of the molecule is CC1CCN(C(=O)CN2C(=O)S/C(=C/c3cccc(OCc4ccc([N+](=O)[O-])cc4)c3)C2=O)CC1. The van der Waals surface area contributed by atoms with Gasteiger partial charge in [-0.1, -0.05) is 19.1 Å². The van der Waals surface area contributed by atoms with Crippen LogP contribution in [0, 0.1) is 16.0 Å². The number of non-ortho nitro benzene ring substituents is 1. The lowest BCUT2D eigenvalue weighted by Gasteiger charge is -2.31. The van der Waals surface area contributed by atoms with Gasteiger partial charge in [0.15, 0.2) is 0 Å². The van der Waals surface area contributed by atoms with E-state index in [1.54, 1.807) is 47.4 Å². The molecule has 10 heteroatoms. The van der Waals surface area contributed by atoms with E-state index in [1.165, 1.54) is 12.1 Å². The molecule has 0 bridgehead atoms. The Hall–Kier alpha value is -3.66. The van der Waals surface area contributed by atoms with Crippen LogP contribution in [0.1, 0.15) is 30.9 Å². The molecule has 2 fully saturated rings. The molecule has 0 radical (unpaired) electrons. The van der Waals surface area contributed by atoms with Gasteiger partial charge in [-0.05, 0) is 72.0 Å². The normalized spacial score (nSPS) is 17.8. The number of nitrogens with zero attached hydrogens (tertiary/aromatic N) is 3. The van der Waals surface area contributed by atoms with Gasteiger partial charge in [0, 0.05) is 25.2 Å². The Bertz CT molecular complexity index is 1170. The number of ether oxygens (including phenoxy) is 1. The summed E-state index contributed by atoms with van der Waals surface area (Å²) in [7, 11) is 0. The van der Waals surface area contributed by atoms with E-state index in [0.29, 0.717) is 30.3 Å². The van der Waals surface area contributed by atoms with Crippen molar-refractivity contribution in [2.24, 2.45) is 5.92 Å². The third-order valence-electron chi connectivity index (χ3n) is 6.01. The number of piperidine rings is 1. The summed E-state index contributed by atoms with van der Waals surface area (Å²) >= 11 is 0.817. The molecule has 4 rings (SSSR count). The van der Waals surface area contributed by atoms with Crippen LogP contribution < -0.4 is 4.74 Å². The number of nitro groups is 1. The van der Waals surface area contributed by atoms with E-state index >= 15 is 0 Å². The summed E-state index contributed by atoms with van der Waals surface area (Å²) in [4.78, 5) is 51.2. The quantitative estimate of drug-likeness (QED) is 0.317. The lowest BCUT2D eigenvalue weighted by molar-refractivity contribution is -0.384. The Balaban J connectivity index is 1.38. The molecule has 35 heavy (non-hydrogen) atoms. The lowest BCUT2D eigenvalue weighted by atomic mass is 9.99. The summed E-state index contributed by atoms with van der Waals surface area (Å²) in [6, 6.07) is 13.1. The van der Waals surface area contributed by atoms with Crippen molar-refractivity contribution in [3.05, 3.63) is 74.7 Å². The monoisotopic (exact) mass is 495 g/mol. The summed E-state index contributed by atoms with van der Waals surface area (Å²) in [6.45, 7) is 3.43. The van der Waals surface area contributed by atoms with Gasteiger partial charge >= 0.3 is 0 Å². The highest BCUT2D eigenvalue weighted by Crippen LogP contribution is 2.33. The second-order valence-corrected chi connectivity index (χ2v) is 9.61. The average Bonchev–Trinajstić information content (AvgIpc) is 3.11. The second kappa shape index (κ2) is 10.7. The number of carbonyl (C=O) groups is 3. The van der Waals surface area contributed by atoms with Gasteiger partial charge < -0.3 is 9.64 Å². The zero-order chi connectivity index (χ0) is 24.9. The maximum atomic E-state index is 12.8. The van der Waals surface area contributed by atoms with Crippen molar-refractivity contribution in [3.63, 3.8) is 0 Å². The average molecular weight is 496 g/mol. The standard InChI is InChI=1S/C25H25N3O6S/c1-17-9-11-26(12-10-17)23(29)15-27-24(30)22(35-25(27)31)14-19-3-2-4-21(13-19)34-16-18-5-7-20(8-6-18)28(32)33/h2-8,13-14,17H,9-12,15-16H2,1H3/b22-14+. The van der Waals surface area contributed by atoms with Crippen molar-refractivity contribution >= 4 is 40.6 Å². The molecule has 2 saturated heterocycles. The van der Waals surface area contributed by atoms with Crippen LogP contribution in [0.3, 0.4) is 0 Å². The van der Waals surface area contributed by atoms with Crippen molar-refractivity contribution in [2.45, 2.75) is 26.4 Å². The molecule has 0 aliphatic carbocycles. The smallest absolute Gasteiger partial charge is 0.294 e. The minimum absolute atomic E-state index is 0.0110. The van der Waals surface area contributed by atoms with Gasteiger partial charge in [0.2, 0.25) is 5.91 Å². The first-order chi connectivity index (χ1) is 16.8. The Labute approximate surface area is 206 Å². The first kappa shape index (κ1) is 24.5. The topological polar surface area (TPSA) is 110 Å². The van der Waals surface area contributed by atoms with Crippen LogP contribution in [0.15, 0.2) is 53.4 Å². The minimum Gasteiger partial charge on any atom is -0.489 e. The Morgan fingerprint density at radius 3 is 2.57 bits per heavy atom. The van der Waals surface area contributed by atoms with Gasteiger partial charge in [0.05, 0.1) is 9.83 Å². The number of thioether (sulfide) groups is 1. The van der Waals surface area contributed by atoms with Crippen molar-refractivity contribution < 1.29 is 24.0 Å². The summed E-state index contributed by atoms with van der Waals surface area (Å²) in [5.41, 5.74) is 1.46.